The summed E-state index contributed by atoms with van der Waals surface area (Å²) in [4.78, 5) is 3.71. The predicted octanol–water partition coefficient (Wildman–Crippen LogP) is 0.167. The minimum atomic E-state index is -0.446. The van der Waals surface area contributed by atoms with E-state index in [9.17, 15) is 4.39 Å². The van der Waals surface area contributed by atoms with Crippen molar-refractivity contribution in [3.63, 3.8) is 0 Å². The van der Waals surface area contributed by atoms with E-state index in [-0.39, 0.29) is 17.4 Å². The zero-order valence-electron chi connectivity index (χ0n) is 6.04. The molecule has 0 spiro atoms. The molecule has 0 aliphatic carbocycles. The third-order valence-corrected chi connectivity index (χ3v) is 1.21. The van der Waals surface area contributed by atoms with Crippen LogP contribution in [0.2, 0.25) is 0 Å². The van der Waals surface area contributed by atoms with Crippen LogP contribution in [-0.2, 0) is 0 Å². The zero-order chi connectivity index (χ0) is 8.27. The van der Waals surface area contributed by atoms with Gasteiger partial charge < -0.3 is 9.68 Å². The Morgan fingerprint density at radius 2 is 2.36 bits per heavy atom. The Bertz CT molecular complexity index is 256. The summed E-state index contributed by atoms with van der Waals surface area (Å²) in [6.45, 7) is 1.53. The first-order valence-corrected chi connectivity index (χ1v) is 3.11. The molecule has 1 aromatic rings. The predicted molar refractivity (Wildman–Crippen MR) is 38.9 cm³/mol. The maximum Gasteiger partial charge on any atom is 0.505 e. The van der Waals surface area contributed by atoms with E-state index in [1.54, 1.807) is 0 Å². The third-order valence-electron chi connectivity index (χ3n) is 1.21. The molecule has 3 nitrogen and oxygen atoms in total. The Balaban J connectivity index is 2.86. The molecule has 0 saturated carbocycles. The van der Waals surface area contributed by atoms with Crippen LogP contribution < -0.4 is 4.65 Å². The van der Waals surface area contributed by atoms with E-state index in [4.69, 9.17) is 5.02 Å². The zero-order valence-corrected chi connectivity index (χ0v) is 6.04. The van der Waals surface area contributed by atoms with E-state index in [0.29, 0.717) is 0 Å². The van der Waals surface area contributed by atoms with Crippen LogP contribution in [0.1, 0.15) is 5.69 Å². The average Bonchev–Trinajstić information content (AvgIpc) is 1.98. The number of aryl methyl sites for hydroxylation is 1. The molecule has 11 heavy (non-hydrogen) atoms. The van der Waals surface area contributed by atoms with Crippen molar-refractivity contribution in [1.29, 1.82) is 0 Å². The largest absolute Gasteiger partial charge is 0.525 e. The van der Waals surface area contributed by atoms with Crippen LogP contribution in [0.25, 0.3) is 0 Å². The van der Waals surface area contributed by atoms with Gasteiger partial charge in [-0.05, 0) is 13.0 Å². The Labute approximate surface area is 64.1 Å². The van der Waals surface area contributed by atoms with E-state index in [1.165, 1.54) is 19.1 Å². The molecule has 0 radical (unpaired) electrons. The van der Waals surface area contributed by atoms with Gasteiger partial charge in [0.1, 0.15) is 5.82 Å². The first kappa shape index (κ1) is 8.01. The van der Waals surface area contributed by atoms with Crippen LogP contribution in [0.4, 0.5) is 4.39 Å². The summed E-state index contributed by atoms with van der Waals surface area (Å²) in [5.74, 6) is -0.151. The number of halogens is 1. The van der Waals surface area contributed by atoms with Gasteiger partial charge in [-0.2, -0.15) is 0 Å². The van der Waals surface area contributed by atoms with E-state index < -0.39 is 7.69 Å². The van der Waals surface area contributed by atoms with Crippen LogP contribution in [0, 0.1) is 12.7 Å². The Morgan fingerprint density at radius 3 is 2.91 bits per heavy atom. The molecule has 5 heteroatoms. The lowest BCUT2D eigenvalue weighted by atomic mass is 10.3. The molecule has 0 amide bonds. The molecule has 1 rings (SSSR count). The molecule has 0 aliphatic heterocycles. The minimum absolute atomic E-state index is 0.228. The summed E-state index contributed by atoms with van der Waals surface area (Å²) in [5.41, 5.74) is 0.260. The smallest absolute Gasteiger partial charge is 0.505 e. The first-order valence-electron chi connectivity index (χ1n) is 3.11. The fourth-order valence-corrected chi connectivity index (χ4v) is 0.668. The van der Waals surface area contributed by atoms with Crippen molar-refractivity contribution in [2.24, 2.45) is 0 Å². The van der Waals surface area contributed by atoms with Gasteiger partial charge in [-0.3, -0.25) is 0 Å². The fourth-order valence-electron chi connectivity index (χ4n) is 0.668. The molecular formula is C6H7BFNO2. The number of hydrogen-bond acceptors (Lipinski definition) is 3. The number of rotatable bonds is 2. The lowest BCUT2D eigenvalue weighted by molar-refractivity contribution is 0.440. The van der Waals surface area contributed by atoms with Crippen LogP contribution >= 0.6 is 0 Å². The average molecular weight is 155 g/mol. The summed E-state index contributed by atoms with van der Waals surface area (Å²) in [6, 6.07) is 2.60. The summed E-state index contributed by atoms with van der Waals surface area (Å²) in [5, 5.41) is 8.32. The van der Waals surface area contributed by atoms with E-state index >= 15 is 0 Å². The first-order chi connectivity index (χ1) is 5.24. The molecule has 0 aliphatic rings. The van der Waals surface area contributed by atoms with Crippen molar-refractivity contribution < 1.29 is 14.1 Å². The summed E-state index contributed by atoms with van der Waals surface area (Å²) in [6.07, 6.45) is 0. The number of hydrogen-bond donors (Lipinski definition) is 1. The maximum absolute atomic E-state index is 12.6. The van der Waals surface area contributed by atoms with Crippen LogP contribution in [0.15, 0.2) is 12.1 Å². The molecular weight excluding hydrogens is 148 g/mol. The van der Waals surface area contributed by atoms with Gasteiger partial charge in [0.15, 0.2) is 5.88 Å². The van der Waals surface area contributed by atoms with Gasteiger partial charge in [0.2, 0.25) is 0 Å². The highest BCUT2D eigenvalue weighted by molar-refractivity contribution is 6.17. The normalized spacial score (nSPS) is 9.36. The minimum Gasteiger partial charge on any atom is -0.525 e. The molecule has 1 N–H and O–H groups in total. The number of pyridine rings is 1. The van der Waals surface area contributed by atoms with Crippen molar-refractivity contribution in [3.8, 4) is 5.88 Å². The van der Waals surface area contributed by atoms with Gasteiger partial charge in [0.25, 0.3) is 0 Å². The van der Waals surface area contributed by atoms with E-state index in [0.717, 1.165) is 0 Å². The van der Waals surface area contributed by atoms with Crippen molar-refractivity contribution in [3.05, 3.63) is 23.6 Å². The second kappa shape index (κ2) is 3.34. The molecule has 0 bridgehead atoms. The molecule has 58 valence electrons. The van der Waals surface area contributed by atoms with Crippen LogP contribution in [0.5, 0.6) is 5.88 Å². The van der Waals surface area contributed by atoms with Gasteiger partial charge in [0.05, 0.1) is 5.69 Å². The van der Waals surface area contributed by atoms with Crippen molar-refractivity contribution in [2.75, 3.05) is 0 Å². The summed E-state index contributed by atoms with van der Waals surface area (Å²) in [7, 11) is -0.446. The second-order valence-electron chi connectivity index (χ2n) is 1.99. The number of nitrogens with zero attached hydrogens (tertiary/aromatic N) is 1. The lowest BCUT2D eigenvalue weighted by Crippen LogP contribution is -2.02. The molecule has 0 aromatic carbocycles. The van der Waals surface area contributed by atoms with Crippen molar-refractivity contribution in [2.45, 2.75) is 6.92 Å². The summed E-state index contributed by atoms with van der Waals surface area (Å²) >= 11 is 0. The molecule has 0 saturated heterocycles. The molecule has 1 aromatic heterocycles. The lowest BCUT2D eigenvalue weighted by Gasteiger charge is -2.01. The van der Waals surface area contributed by atoms with E-state index in [1.807, 2.05) is 0 Å². The maximum atomic E-state index is 12.6. The third kappa shape index (κ3) is 1.91. The van der Waals surface area contributed by atoms with Crippen molar-refractivity contribution in [1.82, 2.24) is 4.98 Å². The quantitative estimate of drug-likeness (QED) is 0.618. The van der Waals surface area contributed by atoms with Crippen LogP contribution in [-0.4, -0.2) is 17.7 Å². The summed E-state index contributed by atoms with van der Waals surface area (Å²) < 4.78 is 17.2. The van der Waals surface area contributed by atoms with Crippen LogP contribution in [0.3, 0.4) is 0 Å². The van der Waals surface area contributed by atoms with Gasteiger partial charge in [-0.15, -0.1) is 0 Å². The van der Waals surface area contributed by atoms with Gasteiger partial charge in [-0.1, -0.05) is 0 Å². The molecule has 0 fully saturated rings. The fraction of sp³-hybridized carbons (Fsp3) is 0.167. The molecule has 1 heterocycles. The van der Waals surface area contributed by atoms with E-state index in [2.05, 4.69) is 9.64 Å². The highest BCUT2D eigenvalue weighted by atomic mass is 19.1. The van der Waals surface area contributed by atoms with Gasteiger partial charge in [-0.25, -0.2) is 9.37 Å². The van der Waals surface area contributed by atoms with Gasteiger partial charge in [0, 0.05) is 6.07 Å². The highest BCUT2D eigenvalue weighted by Crippen LogP contribution is 2.09. The topological polar surface area (TPSA) is 42.4 Å². The monoisotopic (exact) mass is 155 g/mol. The van der Waals surface area contributed by atoms with Crippen molar-refractivity contribution >= 4 is 7.69 Å². The molecule has 0 atom stereocenters. The van der Waals surface area contributed by atoms with Gasteiger partial charge >= 0.3 is 7.69 Å². The second-order valence-corrected chi connectivity index (χ2v) is 1.99. The standard InChI is InChI=1S/C6H7BFNO2/c1-4-5(8)2-3-6(9-4)11-7-10/h2-3,7,10H,1H3. The Kier molecular flexibility index (Phi) is 2.43. The number of aromatic nitrogens is 1. The molecule has 0 unspecified atom stereocenters. The highest BCUT2D eigenvalue weighted by Gasteiger charge is 2.00. The Hall–Kier alpha value is -1.10. The SMILES string of the molecule is Cc1nc(OBO)ccc1F. The Morgan fingerprint density at radius 1 is 1.64 bits per heavy atom.